The van der Waals surface area contributed by atoms with Crippen LogP contribution < -0.4 is 5.56 Å². The molecule has 2 N–H and O–H groups in total. The fourth-order valence-corrected chi connectivity index (χ4v) is 1.64. The summed E-state index contributed by atoms with van der Waals surface area (Å²) in [6.45, 7) is 0. The van der Waals surface area contributed by atoms with Gasteiger partial charge in [0, 0.05) is 24.3 Å². The molecule has 0 aliphatic heterocycles. The summed E-state index contributed by atoms with van der Waals surface area (Å²) in [7, 11) is 1.39. The highest BCUT2D eigenvalue weighted by atomic mass is 16.6. The first-order valence-corrected chi connectivity index (χ1v) is 5.75. The van der Waals surface area contributed by atoms with E-state index < -0.39 is 6.29 Å². The number of methoxy groups -OCH3 is 1. The number of nitrogens with zero attached hydrogens (tertiary/aromatic N) is 1. The van der Waals surface area contributed by atoms with E-state index in [-0.39, 0.29) is 5.56 Å². The van der Waals surface area contributed by atoms with E-state index in [2.05, 4.69) is 10.2 Å². The summed E-state index contributed by atoms with van der Waals surface area (Å²) >= 11 is 0. The first-order chi connectivity index (χ1) is 9.20. The number of aliphatic hydroxyl groups excluding tert-OH is 1. The average Bonchev–Trinajstić information content (AvgIpc) is 2.45. The van der Waals surface area contributed by atoms with Gasteiger partial charge in [0.25, 0.3) is 5.56 Å². The second kappa shape index (κ2) is 6.08. The predicted octanol–water partition coefficient (Wildman–Crippen LogP) is 1.41. The first-order valence-electron chi connectivity index (χ1n) is 5.75. The molecule has 0 aliphatic rings. The summed E-state index contributed by atoms with van der Waals surface area (Å²) in [6.07, 6.45) is 2.05. The van der Waals surface area contributed by atoms with Crippen molar-refractivity contribution in [1.82, 2.24) is 10.2 Å². The van der Waals surface area contributed by atoms with Crippen LogP contribution >= 0.6 is 0 Å². The third-order valence-corrected chi connectivity index (χ3v) is 2.57. The lowest BCUT2D eigenvalue weighted by molar-refractivity contribution is -0.0350. The Labute approximate surface area is 110 Å². The van der Waals surface area contributed by atoms with Crippen molar-refractivity contribution >= 4 is 6.08 Å². The number of benzene rings is 1. The lowest BCUT2D eigenvalue weighted by Crippen LogP contribution is -2.09. The number of rotatable bonds is 4. The molecule has 1 unspecified atom stereocenters. The summed E-state index contributed by atoms with van der Waals surface area (Å²) in [5.41, 5.74) is 1.84. The molecule has 0 radical (unpaired) electrons. The first kappa shape index (κ1) is 13.2. The number of hydrogen-bond donors (Lipinski definition) is 2. The SMILES string of the molecule is COC(O)/C=C/c1cc(=O)[nH]nc1-c1ccccc1. The van der Waals surface area contributed by atoms with Crippen molar-refractivity contribution in [3.05, 3.63) is 58.4 Å². The maximum absolute atomic E-state index is 11.3. The largest absolute Gasteiger partial charge is 0.365 e. The standard InChI is InChI=1S/C14H14N2O3/c1-19-13(18)8-7-11-9-12(17)15-16-14(11)10-5-3-2-4-6-10/h2-9,13,18H,1H3,(H,15,17)/b8-7+. The second-order valence-corrected chi connectivity index (χ2v) is 3.89. The van der Waals surface area contributed by atoms with Crippen LogP contribution in [-0.2, 0) is 4.74 Å². The van der Waals surface area contributed by atoms with Crippen molar-refractivity contribution in [3.63, 3.8) is 0 Å². The number of H-pyrrole nitrogens is 1. The van der Waals surface area contributed by atoms with Gasteiger partial charge < -0.3 is 9.84 Å². The Kier molecular flexibility index (Phi) is 4.22. The molecule has 1 atom stereocenters. The van der Waals surface area contributed by atoms with Crippen molar-refractivity contribution in [2.45, 2.75) is 6.29 Å². The third-order valence-electron chi connectivity index (χ3n) is 2.57. The summed E-state index contributed by atoms with van der Waals surface area (Å²) in [6, 6.07) is 10.9. The Morgan fingerprint density at radius 1 is 1.37 bits per heavy atom. The molecule has 1 heterocycles. The van der Waals surface area contributed by atoms with E-state index in [4.69, 9.17) is 4.74 Å². The van der Waals surface area contributed by atoms with Crippen LogP contribution in [-0.4, -0.2) is 28.7 Å². The molecule has 1 aromatic carbocycles. The quantitative estimate of drug-likeness (QED) is 0.813. The van der Waals surface area contributed by atoms with Crippen LogP contribution in [0.2, 0.25) is 0 Å². The maximum Gasteiger partial charge on any atom is 0.264 e. The number of aromatic amines is 1. The van der Waals surface area contributed by atoms with E-state index in [1.54, 1.807) is 6.08 Å². The fraction of sp³-hybridized carbons (Fsp3) is 0.143. The minimum Gasteiger partial charge on any atom is -0.365 e. The summed E-state index contributed by atoms with van der Waals surface area (Å²) < 4.78 is 4.71. The molecule has 0 bridgehead atoms. The lowest BCUT2D eigenvalue weighted by Gasteiger charge is -2.05. The highest BCUT2D eigenvalue weighted by molar-refractivity contribution is 5.71. The zero-order valence-corrected chi connectivity index (χ0v) is 10.4. The zero-order valence-electron chi connectivity index (χ0n) is 10.4. The summed E-state index contributed by atoms with van der Waals surface area (Å²) in [5, 5.41) is 15.8. The number of aromatic nitrogens is 2. The average molecular weight is 258 g/mol. The minimum atomic E-state index is -1.01. The van der Waals surface area contributed by atoms with Crippen molar-refractivity contribution in [2.24, 2.45) is 0 Å². The zero-order chi connectivity index (χ0) is 13.7. The second-order valence-electron chi connectivity index (χ2n) is 3.89. The third kappa shape index (κ3) is 3.37. The Bertz CT molecular complexity index is 620. The van der Waals surface area contributed by atoms with Gasteiger partial charge in [-0.25, -0.2) is 5.10 Å². The fourth-order valence-electron chi connectivity index (χ4n) is 1.64. The molecule has 0 spiro atoms. The molecule has 0 aliphatic carbocycles. The Morgan fingerprint density at radius 3 is 2.79 bits per heavy atom. The van der Waals surface area contributed by atoms with Gasteiger partial charge in [0.1, 0.15) is 0 Å². The van der Waals surface area contributed by atoms with E-state index in [0.717, 1.165) is 5.56 Å². The van der Waals surface area contributed by atoms with Crippen LogP contribution in [0.25, 0.3) is 17.3 Å². The van der Waals surface area contributed by atoms with Crippen LogP contribution in [0.15, 0.2) is 47.3 Å². The van der Waals surface area contributed by atoms with Crippen molar-refractivity contribution in [1.29, 1.82) is 0 Å². The Balaban J connectivity index is 2.45. The highest BCUT2D eigenvalue weighted by Crippen LogP contribution is 2.20. The lowest BCUT2D eigenvalue weighted by atomic mass is 10.1. The van der Waals surface area contributed by atoms with Crippen LogP contribution in [0.4, 0.5) is 0 Å². The van der Waals surface area contributed by atoms with Gasteiger partial charge in [-0.05, 0) is 6.08 Å². The number of nitrogens with one attached hydrogen (secondary N) is 1. The van der Waals surface area contributed by atoms with Crippen LogP contribution in [0, 0.1) is 0 Å². The van der Waals surface area contributed by atoms with E-state index in [1.807, 2.05) is 30.3 Å². The van der Waals surface area contributed by atoms with E-state index in [0.29, 0.717) is 11.3 Å². The molecule has 2 aromatic rings. The van der Waals surface area contributed by atoms with Gasteiger partial charge in [-0.2, -0.15) is 5.10 Å². The molecule has 19 heavy (non-hydrogen) atoms. The predicted molar refractivity (Wildman–Crippen MR) is 72.3 cm³/mol. The van der Waals surface area contributed by atoms with E-state index in [1.165, 1.54) is 19.3 Å². The normalized spacial score (nSPS) is 12.7. The Hall–Kier alpha value is -2.24. The molecule has 0 amide bonds. The maximum atomic E-state index is 11.3. The van der Waals surface area contributed by atoms with Gasteiger partial charge in [-0.3, -0.25) is 4.79 Å². The Morgan fingerprint density at radius 2 is 2.11 bits per heavy atom. The van der Waals surface area contributed by atoms with Crippen LogP contribution in [0.5, 0.6) is 0 Å². The molecule has 98 valence electrons. The topological polar surface area (TPSA) is 75.2 Å². The van der Waals surface area contributed by atoms with Gasteiger partial charge in [0.15, 0.2) is 6.29 Å². The number of hydrogen-bond acceptors (Lipinski definition) is 4. The number of aliphatic hydroxyl groups is 1. The molecule has 1 aromatic heterocycles. The van der Waals surface area contributed by atoms with E-state index >= 15 is 0 Å². The van der Waals surface area contributed by atoms with Gasteiger partial charge in [-0.1, -0.05) is 36.4 Å². The molecule has 0 fully saturated rings. The smallest absolute Gasteiger partial charge is 0.264 e. The van der Waals surface area contributed by atoms with Gasteiger partial charge >= 0.3 is 0 Å². The molecule has 5 nitrogen and oxygen atoms in total. The molecule has 2 rings (SSSR count). The molecule has 0 saturated carbocycles. The van der Waals surface area contributed by atoms with Crippen molar-refractivity contribution < 1.29 is 9.84 Å². The van der Waals surface area contributed by atoms with Gasteiger partial charge in [0.05, 0.1) is 5.69 Å². The summed E-state index contributed by atoms with van der Waals surface area (Å²) in [4.78, 5) is 11.3. The van der Waals surface area contributed by atoms with Gasteiger partial charge in [0.2, 0.25) is 0 Å². The van der Waals surface area contributed by atoms with Crippen LogP contribution in [0.1, 0.15) is 5.56 Å². The van der Waals surface area contributed by atoms with Crippen molar-refractivity contribution in [3.8, 4) is 11.3 Å². The van der Waals surface area contributed by atoms with Crippen LogP contribution in [0.3, 0.4) is 0 Å². The monoisotopic (exact) mass is 258 g/mol. The molecule has 0 saturated heterocycles. The minimum absolute atomic E-state index is 0.300. The molecule has 5 heteroatoms. The highest BCUT2D eigenvalue weighted by Gasteiger charge is 2.06. The van der Waals surface area contributed by atoms with Crippen molar-refractivity contribution in [2.75, 3.05) is 7.11 Å². The van der Waals surface area contributed by atoms with E-state index in [9.17, 15) is 9.90 Å². The summed E-state index contributed by atoms with van der Waals surface area (Å²) in [5.74, 6) is 0. The number of ether oxygens (including phenoxy) is 1. The molecular formula is C14H14N2O3. The van der Waals surface area contributed by atoms with Gasteiger partial charge in [-0.15, -0.1) is 0 Å². The molecular weight excluding hydrogens is 244 g/mol.